The zero-order chi connectivity index (χ0) is 14.7. The molecule has 21 heavy (non-hydrogen) atoms. The van der Waals surface area contributed by atoms with Crippen LogP contribution in [-0.4, -0.2) is 13.4 Å². The zero-order valence-electron chi connectivity index (χ0n) is 11.6. The number of rotatable bonds is 3. The number of hydrogen-bond acceptors (Lipinski definition) is 3. The van der Waals surface area contributed by atoms with Crippen LogP contribution < -0.4 is 10.1 Å². The molecule has 0 saturated carbocycles. The molecule has 1 heterocycles. The molecule has 0 amide bonds. The van der Waals surface area contributed by atoms with Crippen molar-refractivity contribution in [1.29, 1.82) is 0 Å². The summed E-state index contributed by atoms with van der Waals surface area (Å²) in [6, 6.07) is 15.8. The highest BCUT2D eigenvalue weighted by Crippen LogP contribution is 2.26. The average Bonchev–Trinajstić information content (AvgIpc) is 2.56. The van der Waals surface area contributed by atoms with Crippen LogP contribution >= 0.6 is 11.6 Å². The standard InChI is InChI=1S/C17H15ClN2O/c1-21-15-8-4-13(5-9-15)17-10-16(19-11-20-17)12-2-6-14(18)7-3-12/h2-11,16H,1H3,(H,19,20). The van der Waals surface area contributed by atoms with Gasteiger partial charge in [-0.3, -0.25) is 0 Å². The van der Waals surface area contributed by atoms with Crippen LogP contribution in [0.15, 0.2) is 59.6 Å². The third-order valence-corrected chi connectivity index (χ3v) is 3.65. The molecule has 1 N–H and O–H groups in total. The molecule has 0 saturated heterocycles. The summed E-state index contributed by atoms with van der Waals surface area (Å²) in [6.45, 7) is 0. The molecule has 2 aromatic rings. The quantitative estimate of drug-likeness (QED) is 0.927. The highest BCUT2D eigenvalue weighted by atomic mass is 35.5. The van der Waals surface area contributed by atoms with Gasteiger partial charge in [-0.25, -0.2) is 4.99 Å². The zero-order valence-corrected chi connectivity index (χ0v) is 12.3. The average molecular weight is 299 g/mol. The first-order valence-corrected chi connectivity index (χ1v) is 7.04. The topological polar surface area (TPSA) is 33.6 Å². The van der Waals surface area contributed by atoms with Crippen molar-refractivity contribution >= 4 is 23.6 Å². The highest BCUT2D eigenvalue weighted by Gasteiger charge is 2.13. The number of aliphatic imine (C=N–C) groups is 1. The van der Waals surface area contributed by atoms with Crippen LogP contribution in [0.5, 0.6) is 5.75 Å². The van der Waals surface area contributed by atoms with Gasteiger partial charge in [0.25, 0.3) is 0 Å². The third kappa shape index (κ3) is 3.09. The van der Waals surface area contributed by atoms with Crippen molar-refractivity contribution in [2.24, 2.45) is 4.99 Å². The van der Waals surface area contributed by atoms with Crippen molar-refractivity contribution in [3.8, 4) is 5.75 Å². The van der Waals surface area contributed by atoms with Crippen LogP contribution in [0.2, 0.25) is 5.02 Å². The number of benzene rings is 2. The predicted molar refractivity (Wildman–Crippen MR) is 86.8 cm³/mol. The lowest BCUT2D eigenvalue weighted by atomic mass is 10.0. The van der Waals surface area contributed by atoms with E-state index in [0.717, 1.165) is 27.6 Å². The predicted octanol–water partition coefficient (Wildman–Crippen LogP) is 4.06. The Bertz CT molecular complexity index is 675. The van der Waals surface area contributed by atoms with Gasteiger partial charge in [-0.1, -0.05) is 23.7 Å². The lowest BCUT2D eigenvalue weighted by Gasteiger charge is -2.19. The maximum Gasteiger partial charge on any atom is 0.118 e. The van der Waals surface area contributed by atoms with Crippen molar-refractivity contribution in [3.05, 3.63) is 70.8 Å². The molecule has 3 nitrogen and oxygen atoms in total. The molecule has 0 radical (unpaired) electrons. The fourth-order valence-electron chi connectivity index (χ4n) is 2.23. The van der Waals surface area contributed by atoms with Crippen molar-refractivity contribution in [2.75, 3.05) is 7.11 Å². The summed E-state index contributed by atoms with van der Waals surface area (Å²) in [6.07, 6.45) is 3.84. The first-order valence-electron chi connectivity index (χ1n) is 6.66. The summed E-state index contributed by atoms with van der Waals surface area (Å²) in [5.74, 6) is 0.839. The van der Waals surface area contributed by atoms with E-state index in [1.807, 2.05) is 48.5 Å². The Morgan fingerprint density at radius 1 is 1.05 bits per heavy atom. The summed E-state index contributed by atoms with van der Waals surface area (Å²) in [5.41, 5.74) is 3.15. The summed E-state index contributed by atoms with van der Waals surface area (Å²) in [7, 11) is 1.66. The normalized spacial score (nSPS) is 17.0. The lowest BCUT2D eigenvalue weighted by Crippen LogP contribution is -2.20. The van der Waals surface area contributed by atoms with Gasteiger partial charge in [0.05, 0.1) is 25.2 Å². The number of ether oxygens (including phenoxy) is 1. The Morgan fingerprint density at radius 3 is 2.43 bits per heavy atom. The smallest absolute Gasteiger partial charge is 0.118 e. The van der Waals surface area contributed by atoms with Gasteiger partial charge in [-0.15, -0.1) is 0 Å². The van der Waals surface area contributed by atoms with Crippen LogP contribution in [0.4, 0.5) is 0 Å². The SMILES string of the molecule is COc1ccc(C2=CC(c3ccc(Cl)cc3)NC=N2)cc1. The Balaban J connectivity index is 1.87. The van der Waals surface area contributed by atoms with Gasteiger partial charge in [0, 0.05) is 10.6 Å². The van der Waals surface area contributed by atoms with Crippen LogP contribution in [0.25, 0.3) is 5.70 Å². The molecule has 0 aliphatic carbocycles. The van der Waals surface area contributed by atoms with Gasteiger partial charge < -0.3 is 10.1 Å². The van der Waals surface area contributed by atoms with Gasteiger partial charge in [0.15, 0.2) is 0 Å². The monoisotopic (exact) mass is 298 g/mol. The largest absolute Gasteiger partial charge is 0.497 e. The number of halogens is 1. The molecule has 4 heteroatoms. The van der Waals surface area contributed by atoms with Gasteiger partial charge in [0.2, 0.25) is 0 Å². The summed E-state index contributed by atoms with van der Waals surface area (Å²) in [4.78, 5) is 4.41. The van der Waals surface area contributed by atoms with E-state index in [0.29, 0.717) is 0 Å². The number of nitrogens with one attached hydrogen (secondary N) is 1. The van der Waals surface area contributed by atoms with Crippen LogP contribution in [0, 0.1) is 0 Å². The summed E-state index contributed by atoms with van der Waals surface area (Å²) >= 11 is 5.93. The van der Waals surface area contributed by atoms with Crippen molar-refractivity contribution < 1.29 is 4.74 Å². The van der Waals surface area contributed by atoms with Gasteiger partial charge in [-0.2, -0.15) is 0 Å². The first-order chi connectivity index (χ1) is 10.3. The molecule has 0 aromatic heterocycles. The molecule has 1 aliphatic heterocycles. The van der Waals surface area contributed by atoms with Crippen LogP contribution in [0.1, 0.15) is 17.2 Å². The molecule has 2 aromatic carbocycles. The fraction of sp³-hybridized carbons (Fsp3) is 0.118. The maximum absolute atomic E-state index is 5.93. The second kappa shape index (κ2) is 6.02. The molecular formula is C17H15ClN2O. The van der Waals surface area contributed by atoms with E-state index < -0.39 is 0 Å². The van der Waals surface area contributed by atoms with Gasteiger partial charge in [0.1, 0.15) is 5.75 Å². The Kier molecular flexibility index (Phi) is 3.93. The maximum atomic E-state index is 5.93. The first kappa shape index (κ1) is 13.7. The van der Waals surface area contributed by atoms with E-state index in [2.05, 4.69) is 16.4 Å². The van der Waals surface area contributed by atoms with E-state index in [-0.39, 0.29) is 6.04 Å². The highest BCUT2D eigenvalue weighted by molar-refractivity contribution is 6.30. The second-order valence-electron chi connectivity index (χ2n) is 4.73. The van der Waals surface area contributed by atoms with E-state index in [1.165, 1.54) is 0 Å². The minimum absolute atomic E-state index is 0.0943. The number of nitrogens with zero attached hydrogens (tertiary/aromatic N) is 1. The summed E-state index contributed by atoms with van der Waals surface area (Å²) < 4.78 is 5.18. The fourth-order valence-corrected chi connectivity index (χ4v) is 2.36. The minimum atomic E-state index is 0.0943. The van der Waals surface area contributed by atoms with E-state index >= 15 is 0 Å². The molecule has 0 spiro atoms. The van der Waals surface area contributed by atoms with E-state index in [1.54, 1.807) is 13.4 Å². The Morgan fingerprint density at radius 2 is 1.76 bits per heavy atom. The molecule has 1 aliphatic rings. The molecule has 1 unspecified atom stereocenters. The molecular weight excluding hydrogens is 284 g/mol. The van der Waals surface area contributed by atoms with Gasteiger partial charge >= 0.3 is 0 Å². The van der Waals surface area contributed by atoms with Crippen molar-refractivity contribution in [1.82, 2.24) is 5.32 Å². The molecule has 1 atom stereocenters. The molecule has 3 rings (SSSR count). The lowest BCUT2D eigenvalue weighted by molar-refractivity contribution is 0.415. The van der Waals surface area contributed by atoms with E-state index in [4.69, 9.17) is 16.3 Å². The Hall–Kier alpha value is -2.26. The number of hydrogen-bond donors (Lipinski definition) is 1. The molecule has 0 fully saturated rings. The van der Waals surface area contributed by atoms with E-state index in [9.17, 15) is 0 Å². The third-order valence-electron chi connectivity index (χ3n) is 3.40. The van der Waals surface area contributed by atoms with Crippen LogP contribution in [-0.2, 0) is 0 Å². The minimum Gasteiger partial charge on any atom is -0.497 e. The Labute approximate surface area is 128 Å². The molecule has 0 bridgehead atoms. The summed E-state index contributed by atoms with van der Waals surface area (Å²) in [5, 5.41) is 3.98. The van der Waals surface area contributed by atoms with Crippen molar-refractivity contribution in [2.45, 2.75) is 6.04 Å². The van der Waals surface area contributed by atoms with Crippen LogP contribution in [0.3, 0.4) is 0 Å². The van der Waals surface area contributed by atoms with Gasteiger partial charge in [-0.05, 0) is 48.0 Å². The second-order valence-corrected chi connectivity index (χ2v) is 5.17. The number of methoxy groups -OCH3 is 1. The van der Waals surface area contributed by atoms with Crippen molar-refractivity contribution in [3.63, 3.8) is 0 Å². The molecule has 106 valence electrons.